The molecule has 0 aliphatic heterocycles. The Morgan fingerprint density at radius 3 is 2.42 bits per heavy atom. The molecular weight excluding hydrogens is 326 g/mol. The highest BCUT2D eigenvalue weighted by Crippen LogP contribution is 2.29. The number of nitrogens with zero attached hydrogens (tertiary/aromatic N) is 2. The zero-order chi connectivity index (χ0) is 18.6. The summed E-state index contributed by atoms with van der Waals surface area (Å²) in [5.41, 5.74) is 2.79. The summed E-state index contributed by atoms with van der Waals surface area (Å²) in [6, 6.07) is 17.5. The summed E-state index contributed by atoms with van der Waals surface area (Å²) in [5, 5.41) is 11.1. The highest BCUT2D eigenvalue weighted by atomic mass is 16.4. The number of hydrogen-bond acceptors (Lipinski definition) is 4. The van der Waals surface area contributed by atoms with Crippen molar-refractivity contribution in [1.82, 2.24) is 10.2 Å². The van der Waals surface area contributed by atoms with Crippen LogP contribution in [0.15, 0.2) is 59.0 Å². The molecule has 134 valence electrons. The van der Waals surface area contributed by atoms with E-state index in [1.807, 2.05) is 54.6 Å². The van der Waals surface area contributed by atoms with Gasteiger partial charge in [-0.1, -0.05) is 57.2 Å². The van der Waals surface area contributed by atoms with Crippen molar-refractivity contribution < 1.29 is 9.21 Å². The predicted molar refractivity (Wildman–Crippen MR) is 102 cm³/mol. The Bertz CT molecular complexity index is 880. The van der Waals surface area contributed by atoms with Gasteiger partial charge >= 0.3 is 0 Å². The summed E-state index contributed by atoms with van der Waals surface area (Å²) in [7, 11) is 0. The Hall–Kier alpha value is -2.95. The van der Waals surface area contributed by atoms with Crippen LogP contribution in [0.25, 0.3) is 11.5 Å². The average molecular weight is 349 g/mol. The lowest BCUT2D eigenvalue weighted by Crippen LogP contribution is -2.18. The molecule has 26 heavy (non-hydrogen) atoms. The summed E-state index contributed by atoms with van der Waals surface area (Å²) in [5.74, 6) is 0.864. The molecule has 5 nitrogen and oxygen atoms in total. The van der Waals surface area contributed by atoms with Crippen LogP contribution in [0.4, 0.5) is 5.69 Å². The normalized spacial score (nSPS) is 11.3. The fraction of sp³-hybridized carbons (Fsp3) is 0.286. The SMILES string of the molecule is CC(C)(C)c1ccccc1NC(=O)CCc1nnc(-c2ccccc2)o1. The van der Waals surface area contributed by atoms with Gasteiger partial charge in [-0.25, -0.2) is 0 Å². The van der Waals surface area contributed by atoms with Gasteiger partial charge in [-0.2, -0.15) is 0 Å². The van der Waals surface area contributed by atoms with Gasteiger partial charge in [0.05, 0.1) is 0 Å². The minimum atomic E-state index is -0.0684. The molecule has 1 N–H and O–H groups in total. The molecule has 0 saturated heterocycles. The molecule has 1 aromatic heterocycles. The number of benzene rings is 2. The summed E-state index contributed by atoms with van der Waals surface area (Å²) < 4.78 is 5.65. The number of aryl methyl sites for hydroxylation is 1. The predicted octanol–water partition coefficient (Wildman–Crippen LogP) is 4.61. The molecule has 0 aliphatic carbocycles. The molecule has 2 aromatic carbocycles. The fourth-order valence-electron chi connectivity index (χ4n) is 2.73. The third kappa shape index (κ3) is 4.36. The summed E-state index contributed by atoms with van der Waals surface area (Å²) in [6.07, 6.45) is 0.693. The first kappa shape index (κ1) is 17.9. The maximum atomic E-state index is 12.3. The number of nitrogens with one attached hydrogen (secondary N) is 1. The molecule has 0 fully saturated rings. The van der Waals surface area contributed by atoms with E-state index in [-0.39, 0.29) is 17.7 Å². The van der Waals surface area contributed by atoms with Crippen LogP contribution < -0.4 is 5.32 Å². The van der Waals surface area contributed by atoms with Crippen LogP contribution in [0, 0.1) is 0 Å². The number of hydrogen-bond donors (Lipinski definition) is 1. The molecule has 1 amide bonds. The second-order valence-corrected chi connectivity index (χ2v) is 7.21. The van der Waals surface area contributed by atoms with E-state index in [0.717, 1.165) is 16.8 Å². The van der Waals surface area contributed by atoms with Gasteiger partial charge in [0.15, 0.2) is 0 Å². The Labute approximate surface area is 153 Å². The second-order valence-electron chi connectivity index (χ2n) is 7.21. The first-order valence-corrected chi connectivity index (χ1v) is 8.70. The molecule has 1 heterocycles. The number of para-hydroxylation sites is 1. The van der Waals surface area contributed by atoms with E-state index < -0.39 is 0 Å². The Morgan fingerprint density at radius 2 is 1.69 bits per heavy atom. The van der Waals surface area contributed by atoms with Crippen LogP contribution >= 0.6 is 0 Å². The van der Waals surface area contributed by atoms with Crippen molar-refractivity contribution in [2.45, 2.75) is 39.0 Å². The molecule has 0 aliphatic rings. The van der Waals surface area contributed by atoms with Crippen molar-refractivity contribution in [1.29, 1.82) is 0 Å². The van der Waals surface area contributed by atoms with Crippen LogP contribution in [-0.4, -0.2) is 16.1 Å². The number of rotatable bonds is 5. The summed E-state index contributed by atoms with van der Waals surface area (Å²) >= 11 is 0. The molecule has 3 aromatic rings. The van der Waals surface area contributed by atoms with Crippen LogP contribution in [0.5, 0.6) is 0 Å². The van der Waals surface area contributed by atoms with Gasteiger partial charge in [-0.3, -0.25) is 4.79 Å². The molecule has 0 bridgehead atoms. The molecular formula is C21H23N3O2. The quantitative estimate of drug-likeness (QED) is 0.730. The Kier molecular flexibility index (Phi) is 5.16. The first-order valence-electron chi connectivity index (χ1n) is 8.70. The van der Waals surface area contributed by atoms with Crippen LogP contribution in [0.1, 0.15) is 38.6 Å². The zero-order valence-corrected chi connectivity index (χ0v) is 15.3. The standard InChI is InChI=1S/C21H23N3O2/c1-21(2,3)16-11-7-8-12-17(16)22-18(25)13-14-19-23-24-20(26-19)15-9-5-4-6-10-15/h4-12H,13-14H2,1-3H3,(H,22,25). The lowest BCUT2D eigenvalue weighted by Gasteiger charge is -2.22. The van der Waals surface area contributed by atoms with Crippen molar-refractivity contribution in [2.24, 2.45) is 0 Å². The zero-order valence-electron chi connectivity index (χ0n) is 15.3. The van der Waals surface area contributed by atoms with Gasteiger partial charge < -0.3 is 9.73 Å². The van der Waals surface area contributed by atoms with Crippen molar-refractivity contribution in [3.05, 3.63) is 66.1 Å². The van der Waals surface area contributed by atoms with E-state index in [1.165, 1.54) is 0 Å². The lowest BCUT2D eigenvalue weighted by atomic mass is 9.86. The second kappa shape index (κ2) is 7.52. The molecule has 0 spiro atoms. The van der Waals surface area contributed by atoms with Crippen LogP contribution in [0.2, 0.25) is 0 Å². The topological polar surface area (TPSA) is 68.0 Å². The summed E-state index contributed by atoms with van der Waals surface area (Å²) in [4.78, 5) is 12.3. The number of aromatic nitrogens is 2. The monoisotopic (exact) mass is 349 g/mol. The van der Waals surface area contributed by atoms with E-state index in [9.17, 15) is 4.79 Å². The number of carbonyl (C=O) groups excluding carboxylic acids is 1. The van der Waals surface area contributed by atoms with E-state index in [4.69, 9.17) is 4.42 Å². The Morgan fingerprint density at radius 1 is 1.00 bits per heavy atom. The van der Waals surface area contributed by atoms with E-state index >= 15 is 0 Å². The highest BCUT2D eigenvalue weighted by Gasteiger charge is 2.18. The minimum absolute atomic E-state index is 0.0407. The average Bonchev–Trinajstić information content (AvgIpc) is 3.09. The van der Waals surface area contributed by atoms with Gasteiger partial charge in [-0.05, 0) is 29.2 Å². The fourth-order valence-corrected chi connectivity index (χ4v) is 2.73. The largest absolute Gasteiger partial charge is 0.421 e. The molecule has 0 saturated carbocycles. The van der Waals surface area contributed by atoms with Crippen LogP contribution in [-0.2, 0) is 16.6 Å². The number of anilines is 1. The third-order valence-corrected chi connectivity index (χ3v) is 4.06. The van der Waals surface area contributed by atoms with Crippen molar-refractivity contribution in [3.8, 4) is 11.5 Å². The van der Waals surface area contributed by atoms with Gasteiger partial charge in [-0.15, -0.1) is 10.2 Å². The van der Waals surface area contributed by atoms with E-state index in [2.05, 4.69) is 36.3 Å². The first-order chi connectivity index (χ1) is 12.4. The van der Waals surface area contributed by atoms with E-state index in [1.54, 1.807) is 0 Å². The summed E-state index contributed by atoms with van der Waals surface area (Å²) in [6.45, 7) is 6.38. The maximum Gasteiger partial charge on any atom is 0.247 e. The molecule has 0 radical (unpaired) electrons. The molecule has 3 rings (SSSR count). The number of amides is 1. The maximum absolute atomic E-state index is 12.3. The smallest absolute Gasteiger partial charge is 0.247 e. The van der Waals surface area contributed by atoms with Crippen molar-refractivity contribution in [2.75, 3.05) is 5.32 Å². The highest BCUT2D eigenvalue weighted by molar-refractivity contribution is 5.91. The molecule has 0 unspecified atom stereocenters. The van der Waals surface area contributed by atoms with Crippen molar-refractivity contribution >= 4 is 11.6 Å². The van der Waals surface area contributed by atoms with Crippen molar-refractivity contribution in [3.63, 3.8) is 0 Å². The third-order valence-electron chi connectivity index (χ3n) is 4.06. The minimum Gasteiger partial charge on any atom is -0.421 e. The molecule has 5 heteroatoms. The Balaban J connectivity index is 1.61. The van der Waals surface area contributed by atoms with Gasteiger partial charge in [0.25, 0.3) is 0 Å². The molecule has 0 atom stereocenters. The van der Waals surface area contributed by atoms with Gasteiger partial charge in [0.2, 0.25) is 17.7 Å². The van der Waals surface area contributed by atoms with Gasteiger partial charge in [0.1, 0.15) is 0 Å². The van der Waals surface area contributed by atoms with Gasteiger partial charge in [0, 0.05) is 24.1 Å². The number of carbonyl (C=O) groups is 1. The van der Waals surface area contributed by atoms with Crippen LogP contribution in [0.3, 0.4) is 0 Å². The van der Waals surface area contributed by atoms with E-state index in [0.29, 0.717) is 18.2 Å². The lowest BCUT2D eigenvalue weighted by molar-refractivity contribution is -0.116.